The Labute approximate surface area is 94.0 Å². The summed E-state index contributed by atoms with van der Waals surface area (Å²) in [6.07, 6.45) is 2.15. The largest absolute Gasteiger partial charge is 0.379 e. The third-order valence-corrected chi connectivity index (χ3v) is 2.70. The average Bonchev–Trinajstić information content (AvgIpc) is 2.22. The van der Waals surface area contributed by atoms with Crippen LogP contribution in [0, 0.1) is 0 Å². The van der Waals surface area contributed by atoms with E-state index in [1.54, 1.807) is 6.07 Å². The Morgan fingerprint density at radius 2 is 2.33 bits per heavy atom. The van der Waals surface area contributed by atoms with Crippen molar-refractivity contribution in [1.29, 1.82) is 0 Å². The van der Waals surface area contributed by atoms with Crippen LogP contribution in [0.3, 0.4) is 0 Å². The Hall–Kier alpha value is -0.870. The van der Waals surface area contributed by atoms with E-state index in [0.29, 0.717) is 11.8 Å². The zero-order valence-corrected chi connectivity index (χ0v) is 9.42. The number of nitrogens with one attached hydrogen (secondary N) is 1. The van der Waals surface area contributed by atoms with E-state index in [0.717, 1.165) is 25.3 Å². The molecule has 0 amide bonds. The predicted octanol–water partition coefficient (Wildman–Crippen LogP) is 2.11. The molecular weight excluding hydrogens is 214 g/mol. The zero-order chi connectivity index (χ0) is 10.7. The molecule has 1 aromatic rings. The highest BCUT2D eigenvalue weighted by molar-refractivity contribution is 6.29. The lowest BCUT2D eigenvalue weighted by Gasteiger charge is -2.34. The van der Waals surface area contributed by atoms with Crippen LogP contribution in [0.1, 0.15) is 19.8 Å². The lowest BCUT2D eigenvalue weighted by Crippen LogP contribution is -2.43. The molecule has 82 valence electrons. The molecule has 1 atom stereocenters. The molecule has 0 radical (unpaired) electrons. The Kier molecular flexibility index (Phi) is 3.07. The van der Waals surface area contributed by atoms with Crippen LogP contribution in [-0.4, -0.2) is 29.0 Å². The molecule has 0 spiro atoms. The molecule has 5 heteroatoms. The monoisotopic (exact) mass is 227 g/mol. The molecule has 4 nitrogen and oxygen atoms in total. The lowest BCUT2D eigenvalue weighted by molar-refractivity contribution is 0.0538. The van der Waals surface area contributed by atoms with Crippen molar-refractivity contribution in [3.05, 3.63) is 17.3 Å². The van der Waals surface area contributed by atoms with Crippen molar-refractivity contribution in [2.45, 2.75) is 25.3 Å². The van der Waals surface area contributed by atoms with Crippen molar-refractivity contribution in [2.75, 3.05) is 18.5 Å². The van der Waals surface area contributed by atoms with Crippen molar-refractivity contribution in [1.82, 2.24) is 10.2 Å². The van der Waals surface area contributed by atoms with Crippen LogP contribution in [0.4, 0.5) is 5.82 Å². The molecule has 1 saturated heterocycles. The van der Waals surface area contributed by atoms with Gasteiger partial charge in [0, 0.05) is 6.61 Å². The molecule has 2 heterocycles. The second-order valence-electron chi connectivity index (χ2n) is 4.08. The maximum Gasteiger partial charge on any atom is 0.151 e. The van der Waals surface area contributed by atoms with E-state index in [9.17, 15) is 0 Å². The molecule has 1 aliphatic heterocycles. The van der Waals surface area contributed by atoms with E-state index in [1.165, 1.54) is 0 Å². The second kappa shape index (κ2) is 4.33. The zero-order valence-electron chi connectivity index (χ0n) is 8.66. The Balaban J connectivity index is 2.03. The number of nitrogens with zero attached hydrogens (tertiary/aromatic N) is 2. The Morgan fingerprint density at radius 1 is 1.47 bits per heavy atom. The molecular formula is C10H14ClN3O. The normalized spacial score (nSPS) is 26.3. The van der Waals surface area contributed by atoms with E-state index in [1.807, 2.05) is 6.07 Å². The fraction of sp³-hybridized carbons (Fsp3) is 0.600. The summed E-state index contributed by atoms with van der Waals surface area (Å²) >= 11 is 5.66. The van der Waals surface area contributed by atoms with Crippen molar-refractivity contribution in [2.24, 2.45) is 0 Å². The first kappa shape index (κ1) is 10.6. The molecule has 1 aromatic heterocycles. The van der Waals surface area contributed by atoms with Crippen LogP contribution in [0.5, 0.6) is 0 Å². The third-order valence-electron chi connectivity index (χ3n) is 2.50. The number of hydrogen-bond acceptors (Lipinski definition) is 4. The maximum atomic E-state index is 5.66. The van der Waals surface area contributed by atoms with Gasteiger partial charge in [0.05, 0.1) is 12.1 Å². The summed E-state index contributed by atoms with van der Waals surface area (Å²) in [7, 11) is 0. The summed E-state index contributed by atoms with van der Waals surface area (Å²) in [5.41, 5.74) is -0.0409. The summed E-state index contributed by atoms with van der Waals surface area (Å²) < 4.78 is 5.44. The van der Waals surface area contributed by atoms with Crippen molar-refractivity contribution < 1.29 is 4.74 Å². The molecule has 2 rings (SSSR count). The van der Waals surface area contributed by atoms with Gasteiger partial charge >= 0.3 is 0 Å². The van der Waals surface area contributed by atoms with E-state index in [-0.39, 0.29) is 5.54 Å². The van der Waals surface area contributed by atoms with Crippen LogP contribution >= 0.6 is 11.6 Å². The summed E-state index contributed by atoms with van der Waals surface area (Å²) in [4.78, 5) is 0. The number of anilines is 1. The highest BCUT2D eigenvalue weighted by atomic mass is 35.5. The van der Waals surface area contributed by atoms with Gasteiger partial charge in [0.25, 0.3) is 0 Å². The van der Waals surface area contributed by atoms with Crippen LogP contribution in [0.25, 0.3) is 0 Å². The van der Waals surface area contributed by atoms with Crippen LogP contribution < -0.4 is 5.32 Å². The molecule has 0 aromatic carbocycles. The summed E-state index contributed by atoms with van der Waals surface area (Å²) in [6, 6.07) is 3.55. The van der Waals surface area contributed by atoms with Gasteiger partial charge in [-0.3, -0.25) is 0 Å². The van der Waals surface area contributed by atoms with Gasteiger partial charge in [0.2, 0.25) is 0 Å². The highest BCUT2D eigenvalue weighted by Gasteiger charge is 2.27. The molecule has 0 aliphatic carbocycles. The first-order chi connectivity index (χ1) is 7.18. The first-order valence-electron chi connectivity index (χ1n) is 5.03. The van der Waals surface area contributed by atoms with Gasteiger partial charge in [0.1, 0.15) is 5.82 Å². The maximum absolute atomic E-state index is 5.66. The van der Waals surface area contributed by atoms with Gasteiger partial charge in [-0.05, 0) is 31.9 Å². The van der Waals surface area contributed by atoms with Crippen LogP contribution in [0.2, 0.25) is 5.15 Å². The van der Waals surface area contributed by atoms with Gasteiger partial charge in [-0.25, -0.2) is 0 Å². The fourth-order valence-corrected chi connectivity index (χ4v) is 1.83. The van der Waals surface area contributed by atoms with Crippen molar-refractivity contribution >= 4 is 17.4 Å². The molecule has 0 saturated carbocycles. The quantitative estimate of drug-likeness (QED) is 0.841. The van der Waals surface area contributed by atoms with Gasteiger partial charge in [-0.15, -0.1) is 10.2 Å². The van der Waals surface area contributed by atoms with Crippen LogP contribution in [0.15, 0.2) is 12.1 Å². The van der Waals surface area contributed by atoms with E-state index >= 15 is 0 Å². The number of aromatic nitrogens is 2. The highest BCUT2D eigenvalue weighted by Crippen LogP contribution is 2.22. The standard InChI is InChI=1S/C10H14ClN3O/c1-10(5-2-6-15-7-10)12-9-4-3-8(11)13-14-9/h3-4H,2,5-7H2,1H3,(H,12,14). The minimum Gasteiger partial charge on any atom is -0.379 e. The molecule has 1 N–H and O–H groups in total. The molecule has 1 fully saturated rings. The van der Waals surface area contributed by atoms with E-state index in [2.05, 4.69) is 22.4 Å². The smallest absolute Gasteiger partial charge is 0.151 e. The summed E-state index contributed by atoms with van der Waals surface area (Å²) in [5, 5.41) is 11.5. The topological polar surface area (TPSA) is 47.0 Å². The fourth-order valence-electron chi connectivity index (χ4n) is 1.72. The van der Waals surface area contributed by atoms with Crippen molar-refractivity contribution in [3.63, 3.8) is 0 Å². The van der Waals surface area contributed by atoms with E-state index < -0.39 is 0 Å². The summed E-state index contributed by atoms with van der Waals surface area (Å²) in [6.45, 7) is 3.68. The molecule has 1 unspecified atom stereocenters. The van der Waals surface area contributed by atoms with Gasteiger partial charge in [-0.1, -0.05) is 11.6 Å². The Morgan fingerprint density at radius 3 is 2.93 bits per heavy atom. The third kappa shape index (κ3) is 2.79. The first-order valence-corrected chi connectivity index (χ1v) is 5.41. The minimum atomic E-state index is -0.0409. The SMILES string of the molecule is CC1(Nc2ccc(Cl)nn2)CCCOC1. The minimum absolute atomic E-state index is 0.0409. The number of rotatable bonds is 2. The van der Waals surface area contributed by atoms with Crippen molar-refractivity contribution in [3.8, 4) is 0 Å². The molecule has 15 heavy (non-hydrogen) atoms. The number of halogens is 1. The molecule has 1 aliphatic rings. The second-order valence-corrected chi connectivity index (χ2v) is 4.47. The summed E-state index contributed by atoms with van der Waals surface area (Å²) in [5.74, 6) is 0.743. The lowest BCUT2D eigenvalue weighted by atomic mass is 9.95. The molecule has 0 bridgehead atoms. The average molecular weight is 228 g/mol. The number of ether oxygens (including phenoxy) is 1. The number of hydrogen-bond donors (Lipinski definition) is 1. The van der Waals surface area contributed by atoms with Gasteiger partial charge in [-0.2, -0.15) is 0 Å². The predicted molar refractivity (Wildman–Crippen MR) is 59.1 cm³/mol. The van der Waals surface area contributed by atoms with Gasteiger partial charge < -0.3 is 10.1 Å². The van der Waals surface area contributed by atoms with Gasteiger partial charge in [0.15, 0.2) is 5.15 Å². The Bertz CT molecular complexity index is 322. The van der Waals surface area contributed by atoms with E-state index in [4.69, 9.17) is 16.3 Å². The van der Waals surface area contributed by atoms with Crippen LogP contribution in [-0.2, 0) is 4.74 Å².